The number of ether oxygens (including phenoxy) is 1. The number of para-hydroxylation sites is 1. The van der Waals surface area contributed by atoms with Crippen molar-refractivity contribution < 1.29 is 46.3 Å². The topological polar surface area (TPSA) is 165 Å². The van der Waals surface area contributed by atoms with E-state index in [-0.39, 0.29) is 58.8 Å². The molecule has 3 aromatic carbocycles. The molecule has 296 valence electrons. The van der Waals surface area contributed by atoms with Gasteiger partial charge in [-0.15, -0.1) is 0 Å². The highest BCUT2D eigenvalue weighted by molar-refractivity contribution is 6.23. The average Bonchev–Trinajstić information content (AvgIpc) is 3.44. The summed E-state index contributed by atoms with van der Waals surface area (Å²) in [5.41, 5.74) is -0.0851. The van der Waals surface area contributed by atoms with Crippen LogP contribution in [0.25, 0.3) is 0 Å². The Bertz CT molecular complexity index is 2300. The third-order valence-electron chi connectivity index (χ3n) is 10.1. The molecule has 1 unspecified atom stereocenters. The number of pyridine rings is 1. The number of hydrogen-bond acceptors (Lipinski definition) is 11. The molecule has 4 N–H and O–H groups in total. The maximum absolute atomic E-state index is 15.8. The Morgan fingerprint density at radius 1 is 0.930 bits per heavy atom. The Morgan fingerprint density at radius 3 is 2.39 bits per heavy atom. The number of carbonyl (C=O) groups excluding carboxylic acids is 5. The lowest BCUT2D eigenvalue weighted by Crippen LogP contribution is -2.54. The van der Waals surface area contributed by atoms with E-state index in [4.69, 9.17) is 4.74 Å². The Balaban J connectivity index is 1.02. The molecule has 0 bridgehead atoms. The first kappa shape index (κ1) is 38.7. The van der Waals surface area contributed by atoms with Gasteiger partial charge >= 0.3 is 6.18 Å². The summed E-state index contributed by atoms with van der Waals surface area (Å²) in [5.74, 6) is -3.79. The fraction of sp³-hybridized carbons (Fsp3) is 0.282. The van der Waals surface area contributed by atoms with E-state index in [0.29, 0.717) is 43.8 Å². The van der Waals surface area contributed by atoms with Gasteiger partial charge in [0, 0.05) is 75.8 Å². The number of imide groups is 2. The number of aromatic nitrogens is 1. The van der Waals surface area contributed by atoms with E-state index in [1.54, 1.807) is 24.3 Å². The van der Waals surface area contributed by atoms with Gasteiger partial charge in [0.1, 0.15) is 23.4 Å². The molecule has 1 atom stereocenters. The number of piperazine rings is 1. The number of benzene rings is 3. The van der Waals surface area contributed by atoms with Gasteiger partial charge in [-0.1, -0.05) is 18.2 Å². The number of anilines is 5. The number of nitrogens with zero attached hydrogens (tertiary/aromatic N) is 4. The summed E-state index contributed by atoms with van der Waals surface area (Å²) in [7, 11) is 2.88. The molecule has 4 heterocycles. The van der Waals surface area contributed by atoms with Crippen LogP contribution in [0.5, 0.6) is 5.75 Å². The van der Waals surface area contributed by atoms with E-state index >= 15 is 4.39 Å². The van der Waals surface area contributed by atoms with Crippen LogP contribution in [0.3, 0.4) is 0 Å². The lowest BCUT2D eigenvalue weighted by Gasteiger charge is -2.36. The first-order chi connectivity index (χ1) is 27.3. The standard InChI is InChI=1S/C39H36F4N8O6/c1-44-35(53)23-5-3-4-6-26(23)46-28-18-31(45-19-25(28)39(41,42)43)47-27-10-8-22(17-30(27)57-2)50-15-13-49(14-16-50)20-21-7-9-24-33(34(21)40)38(56)51(37(24)55)29-11-12-32(52)48-36(29)54/h3-10,17-19,29H,11-16,20H2,1-2H3,(H,44,53)(H2,45,46,47)(H,48,52,54). The zero-order chi connectivity index (χ0) is 40.6. The number of alkyl halides is 3. The van der Waals surface area contributed by atoms with Crippen molar-refractivity contribution in [2.24, 2.45) is 0 Å². The van der Waals surface area contributed by atoms with Gasteiger partial charge in [0.2, 0.25) is 11.8 Å². The summed E-state index contributed by atoms with van der Waals surface area (Å²) in [6.45, 7) is 2.27. The number of rotatable bonds is 10. The molecular formula is C39H36F4N8O6. The summed E-state index contributed by atoms with van der Waals surface area (Å²) >= 11 is 0. The van der Waals surface area contributed by atoms with E-state index in [2.05, 4.69) is 31.2 Å². The van der Waals surface area contributed by atoms with Crippen LogP contribution in [0.15, 0.2) is 66.9 Å². The molecule has 5 amide bonds. The van der Waals surface area contributed by atoms with Crippen LogP contribution >= 0.6 is 0 Å². The minimum Gasteiger partial charge on any atom is -0.494 e. The highest BCUT2D eigenvalue weighted by Gasteiger charge is 2.46. The molecule has 7 rings (SSSR count). The van der Waals surface area contributed by atoms with Gasteiger partial charge in [-0.3, -0.25) is 39.1 Å². The lowest BCUT2D eigenvalue weighted by molar-refractivity contribution is -0.137. The van der Waals surface area contributed by atoms with Crippen LogP contribution in [-0.2, 0) is 22.3 Å². The first-order valence-electron chi connectivity index (χ1n) is 17.9. The van der Waals surface area contributed by atoms with E-state index in [9.17, 15) is 37.1 Å². The second-order valence-electron chi connectivity index (χ2n) is 13.5. The predicted molar refractivity (Wildman–Crippen MR) is 199 cm³/mol. The fourth-order valence-corrected chi connectivity index (χ4v) is 7.13. The SMILES string of the molecule is CNC(=O)c1ccccc1Nc1cc(Nc2ccc(N3CCN(Cc4ccc5c(c4F)C(=O)N(C4CCC(=O)NC4=O)C5=O)CC3)cc2OC)ncc1C(F)(F)F. The molecule has 0 spiro atoms. The van der Waals surface area contributed by atoms with Gasteiger partial charge in [0.05, 0.1) is 46.4 Å². The second-order valence-corrected chi connectivity index (χ2v) is 13.5. The van der Waals surface area contributed by atoms with Crippen molar-refractivity contribution in [2.45, 2.75) is 31.6 Å². The molecule has 2 saturated heterocycles. The zero-order valence-corrected chi connectivity index (χ0v) is 30.6. The quantitative estimate of drug-likeness (QED) is 0.129. The summed E-state index contributed by atoms with van der Waals surface area (Å²) in [6, 6.07) is 14.3. The number of hydrogen-bond donors (Lipinski definition) is 4. The molecule has 2 fully saturated rings. The summed E-state index contributed by atoms with van der Waals surface area (Å²) in [6.07, 6.45) is -4.12. The zero-order valence-electron chi connectivity index (χ0n) is 30.6. The molecule has 1 aromatic heterocycles. The van der Waals surface area contributed by atoms with Gasteiger partial charge in [0.25, 0.3) is 17.7 Å². The van der Waals surface area contributed by atoms with Crippen molar-refractivity contribution >= 4 is 58.1 Å². The Kier molecular flexibility index (Phi) is 10.5. The van der Waals surface area contributed by atoms with E-state index in [0.717, 1.165) is 10.6 Å². The maximum Gasteiger partial charge on any atom is 0.419 e. The molecule has 3 aliphatic heterocycles. The van der Waals surface area contributed by atoms with E-state index in [1.807, 2.05) is 11.0 Å². The molecule has 57 heavy (non-hydrogen) atoms. The van der Waals surface area contributed by atoms with Gasteiger partial charge in [-0.25, -0.2) is 9.37 Å². The van der Waals surface area contributed by atoms with Crippen molar-refractivity contribution in [2.75, 3.05) is 55.9 Å². The maximum atomic E-state index is 15.8. The van der Waals surface area contributed by atoms with Crippen molar-refractivity contribution in [3.05, 3.63) is 100 Å². The van der Waals surface area contributed by atoms with Crippen molar-refractivity contribution in [1.29, 1.82) is 0 Å². The number of methoxy groups -OCH3 is 1. The molecule has 4 aromatic rings. The number of piperidine rings is 1. The summed E-state index contributed by atoms with van der Waals surface area (Å²) in [4.78, 5) is 71.5. The number of amides is 5. The van der Waals surface area contributed by atoms with Gasteiger partial charge in [-0.2, -0.15) is 13.2 Å². The number of nitrogens with one attached hydrogen (secondary N) is 4. The normalized spacial score (nSPS) is 17.3. The van der Waals surface area contributed by atoms with E-state index < -0.39 is 53.1 Å². The highest BCUT2D eigenvalue weighted by Crippen LogP contribution is 2.39. The third-order valence-corrected chi connectivity index (χ3v) is 10.1. The van der Waals surface area contributed by atoms with Gasteiger partial charge < -0.3 is 25.6 Å². The molecular weight excluding hydrogens is 752 g/mol. The number of fused-ring (bicyclic) bond motifs is 1. The average molecular weight is 789 g/mol. The number of carbonyl (C=O) groups is 5. The van der Waals surface area contributed by atoms with Crippen LogP contribution in [0.2, 0.25) is 0 Å². The van der Waals surface area contributed by atoms with Crippen LogP contribution in [0, 0.1) is 5.82 Å². The molecule has 0 aliphatic carbocycles. The summed E-state index contributed by atoms with van der Waals surface area (Å²) in [5, 5.41) is 10.4. The molecule has 0 radical (unpaired) electrons. The van der Waals surface area contributed by atoms with E-state index in [1.165, 1.54) is 44.5 Å². The number of halogens is 4. The molecule has 3 aliphatic rings. The van der Waals surface area contributed by atoms with Gasteiger partial charge in [0.15, 0.2) is 0 Å². The predicted octanol–water partition coefficient (Wildman–Crippen LogP) is 4.82. The molecule has 18 heteroatoms. The highest BCUT2D eigenvalue weighted by atomic mass is 19.4. The summed E-state index contributed by atoms with van der Waals surface area (Å²) < 4.78 is 63.5. The van der Waals surface area contributed by atoms with Crippen molar-refractivity contribution in [1.82, 2.24) is 25.4 Å². The monoisotopic (exact) mass is 788 g/mol. The largest absolute Gasteiger partial charge is 0.494 e. The van der Waals surface area contributed by atoms with Crippen LogP contribution in [0.1, 0.15) is 55.0 Å². The third kappa shape index (κ3) is 7.67. The van der Waals surface area contributed by atoms with Crippen LogP contribution < -0.4 is 30.9 Å². The van der Waals surface area contributed by atoms with Crippen LogP contribution in [-0.4, -0.2) is 90.7 Å². The second kappa shape index (κ2) is 15.5. The molecule has 14 nitrogen and oxygen atoms in total. The fourth-order valence-electron chi connectivity index (χ4n) is 7.13. The minimum atomic E-state index is -4.74. The van der Waals surface area contributed by atoms with Crippen molar-refractivity contribution in [3.8, 4) is 5.75 Å². The smallest absolute Gasteiger partial charge is 0.419 e. The van der Waals surface area contributed by atoms with Crippen molar-refractivity contribution in [3.63, 3.8) is 0 Å². The Morgan fingerprint density at radius 2 is 1.68 bits per heavy atom. The lowest BCUT2D eigenvalue weighted by atomic mass is 10.0. The Labute approximate surface area is 323 Å². The van der Waals surface area contributed by atoms with Crippen LogP contribution in [0.4, 0.5) is 46.1 Å². The van der Waals surface area contributed by atoms with Gasteiger partial charge in [-0.05, 0) is 36.8 Å². The molecule has 0 saturated carbocycles. The first-order valence-corrected chi connectivity index (χ1v) is 17.9. The Hall–Kier alpha value is -6.56. The minimum absolute atomic E-state index is 0.0345.